The predicted octanol–water partition coefficient (Wildman–Crippen LogP) is 4.60. The van der Waals surface area contributed by atoms with Gasteiger partial charge >= 0.3 is 0 Å². The normalized spacial score (nSPS) is 19.4. The van der Waals surface area contributed by atoms with Crippen LogP contribution in [0.25, 0.3) is 0 Å². The third kappa shape index (κ3) is 2.47. The smallest absolute Gasteiger partial charge is 0.0495 e. The monoisotopic (exact) mass is 289 g/mol. The average molecular weight is 289 g/mol. The fourth-order valence-corrected chi connectivity index (χ4v) is 5.16. The van der Waals surface area contributed by atoms with E-state index in [0.29, 0.717) is 12.0 Å². The summed E-state index contributed by atoms with van der Waals surface area (Å²) in [6.45, 7) is 5.44. The summed E-state index contributed by atoms with van der Waals surface area (Å²) in [5.41, 5.74) is 2.94. The molecule has 0 saturated heterocycles. The molecule has 0 spiro atoms. The van der Waals surface area contributed by atoms with Crippen LogP contribution in [0.2, 0.25) is 0 Å². The lowest BCUT2D eigenvalue weighted by molar-refractivity contribution is 0.490. The Balaban J connectivity index is 1.96. The van der Waals surface area contributed by atoms with Crippen LogP contribution in [0.1, 0.15) is 34.9 Å². The highest BCUT2D eigenvalue weighted by molar-refractivity contribution is 7.99. The van der Waals surface area contributed by atoms with Crippen LogP contribution in [0.3, 0.4) is 0 Å². The number of thioether (sulfide) groups is 1. The van der Waals surface area contributed by atoms with Gasteiger partial charge in [-0.2, -0.15) is 0 Å². The van der Waals surface area contributed by atoms with Crippen LogP contribution in [0.15, 0.2) is 40.6 Å². The van der Waals surface area contributed by atoms with E-state index < -0.39 is 0 Å². The summed E-state index contributed by atoms with van der Waals surface area (Å²) in [4.78, 5) is 2.97. The quantitative estimate of drug-likeness (QED) is 0.883. The summed E-state index contributed by atoms with van der Waals surface area (Å²) in [6.07, 6.45) is 0. The molecule has 3 rings (SSSR count). The Bertz CT molecular complexity index is 561. The lowest BCUT2D eigenvalue weighted by atomic mass is 9.91. The average Bonchev–Trinajstić information content (AvgIpc) is 3.03. The van der Waals surface area contributed by atoms with Crippen molar-refractivity contribution in [2.75, 3.05) is 12.3 Å². The minimum absolute atomic E-state index is 0.459. The minimum atomic E-state index is 0.459. The van der Waals surface area contributed by atoms with Gasteiger partial charge in [-0.15, -0.1) is 23.1 Å². The number of rotatable bonds is 4. The number of likely N-dealkylation sites (N-methyl/N-ethyl adjacent to an activating group) is 1. The van der Waals surface area contributed by atoms with E-state index in [-0.39, 0.29) is 0 Å². The summed E-state index contributed by atoms with van der Waals surface area (Å²) < 4.78 is 0. The number of hydrogen-bond donors (Lipinski definition) is 1. The number of hydrogen-bond acceptors (Lipinski definition) is 3. The zero-order valence-corrected chi connectivity index (χ0v) is 13.0. The molecule has 1 aliphatic rings. The molecular weight excluding hydrogens is 270 g/mol. The second kappa shape index (κ2) is 5.70. The molecule has 0 bridgehead atoms. The van der Waals surface area contributed by atoms with Crippen molar-refractivity contribution in [1.82, 2.24) is 5.32 Å². The van der Waals surface area contributed by atoms with Gasteiger partial charge in [0, 0.05) is 27.5 Å². The Kier molecular flexibility index (Phi) is 3.96. The van der Waals surface area contributed by atoms with Gasteiger partial charge in [0.05, 0.1) is 0 Å². The molecule has 19 heavy (non-hydrogen) atoms. The van der Waals surface area contributed by atoms with Crippen molar-refractivity contribution in [3.05, 3.63) is 51.7 Å². The molecule has 0 radical (unpaired) electrons. The van der Waals surface area contributed by atoms with Crippen molar-refractivity contribution in [3.63, 3.8) is 0 Å². The van der Waals surface area contributed by atoms with Crippen LogP contribution in [-0.2, 0) is 0 Å². The number of benzene rings is 1. The highest BCUT2D eigenvalue weighted by Crippen LogP contribution is 2.46. The molecule has 1 aliphatic heterocycles. The van der Waals surface area contributed by atoms with E-state index in [1.807, 2.05) is 23.1 Å². The predicted molar refractivity (Wildman–Crippen MR) is 85.4 cm³/mol. The van der Waals surface area contributed by atoms with Crippen LogP contribution >= 0.6 is 23.1 Å². The topological polar surface area (TPSA) is 12.0 Å². The first kappa shape index (κ1) is 13.2. The summed E-state index contributed by atoms with van der Waals surface area (Å²) in [5, 5.41) is 5.92. The Hall–Kier alpha value is -0.770. The van der Waals surface area contributed by atoms with Gasteiger partial charge in [-0.3, -0.25) is 0 Å². The maximum atomic E-state index is 3.71. The van der Waals surface area contributed by atoms with E-state index in [9.17, 15) is 0 Å². The molecule has 1 nitrogen and oxygen atoms in total. The van der Waals surface area contributed by atoms with Gasteiger partial charge in [-0.25, -0.2) is 0 Å². The van der Waals surface area contributed by atoms with Crippen molar-refractivity contribution in [3.8, 4) is 0 Å². The lowest BCUT2D eigenvalue weighted by Crippen LogP contribution is -2.27. The Morgan fingerprint density at radius 3 is 2.89 bits per heavy atom. The van der Waals surface area contributed by atoms with Crippen molar-refractivity contribution in [1.29, 1.82) is 0 Å². The third-order valence-electron chi connectivity index (χ3n) is 3.75. The molecule has 0 fully saturated rings. The highest BCUT2D eigenvalue weighted by Gasteiger charge is 2.31. The summed E-state index contributed by atoms with van der Waals surface area (Å²) in [5.74, 6) is 1.78. The molecule has 1 N–H and O–H groups in total. The zero-order chi connectivity index (χ0) is 13.2. The van der Waals surface area contributed by atoms with Crippen LogP contribution in [-0.4, -0.2) is 12.3 Å². The van der Waals surface area contributed by atoms with Crippen molar-refractivity contribution in [2.45, 2.75) is 30.7 Å². The third-order valence-corrected chi connectivity index (χ3v) is 6.06. The van der Waals surface area contributed by atoms with Crippen molar-refractivity contribution < 1.29 is 0 Å². The van der Waals surface area contributed by atoms with E-state index in [0.717, 1.165) is 6.54 Å². The standard InChI is InChI=1S/C16H19NS2/c1-3-17-15(16-11(2)8-9-18-16)13-10-19-14-7-5-4-6-12(13)14/h4-9,13,15,17H,3,10H2,1-2H3. The first-order chi connectivity index (χ1) is 9.31. The molecule has 0 aliphatic carbocycles. The van der Waals surface area contributed by atoms with Gasteiger partial charge in [-0.05, 0) is 42.1 Å². The Morgan fingerprint density at radius 2 is 2.16 bits per heavy atom. The molecular formula is C16H19NS2. The molecule has 2 atom stereocenters. The molecule has 0 amide bonds. The molecule has 2 aromatic rings. The minimum Gasteiger partial charge on any atom is -0.309 e. The number of fused-ring (bicyclic) bond motifs is 1. The van der Waals surface area contributed by atoms with Gasteiger partial charge in [0.15, 0.2) is 0 Å². The molecule has 0 saturated carbocycles. The van der Waals surface area contributed by atoms with E-state index >= 15 is 0 Å². The SMILES string of the molecule is CCNC(c1sccc1C)C1CSc2ccccc21. The van der Waals surface area contributed by atoms with Crippen molar-refractivity contribution >= 4 is 23.1 Å². The van der Waals surface area contributed by atoms with E-state index in [4.69, 9.17) is 0 Å². The maximum absolute atomic E-state index is 3.71. The fraction of sp³-hybridized carbons (Fsp3) is 0.375. The fourth-order valence-electron chi connectivity index (χ4n) is 2.80. The first-order valence-electron chi connectivity index (χ1n) is 6.80. The van der Waals surface area contributed by atoms with Crippen LogP contribution in [0.4, 0.5) is 0 Å². The Morgan fingerprint density at radius 1 is 1.32 bits per heavy atom. The molecule has 2 unspecified atom stereocenters. The molecule has 1 aromatic carbocycles. The van der Waals surface area contributed by atoms with Crippen molar-refractivity contribution in [2.24, 2.45) is 0 Å². The van der Waals surface area contributed by atoms with E-state index in [1.165, 1.54) is 26.7 Å². The van der Waals surface area contributed by atoms with Gasteiger partial charge in [0.2, 0.25) is 0 Å². The largest absolute Gasteiger partial charge is 0.309 e. The first-order valence-corrected chi connectivity index (χ1v) is 8.67. The maximum Gasteiger partial charge on any atom is 0.0495 e. The highest BCUT2D eigenvalue weighted by atomic mass is 32.2. The van der Waals surface area contributed by atoms with Crippen LogP contribution < -0.4 is 5.32 Å². The molecule has 3 heteroatoms. The van der Waals surface area contributed by atoms with E-state index in [2.05, 4.69) is 54.9 Å². The summed E-state index contributed by atoms with van der Waals surface area (Å²) >= 11 is 3.89. The molecule has 2 heterocycles. The van der Waals surface area contributed by atoms with Crippen LogP contribution in [0, 0.1) is 6.92 Å². The molecule has 100 valence electrons. The van der Waals surface area contributed by atoms with Gasteiger partial charge < -0.3 is 5.32 Å². The van der Waals surface area contributed by atoms with Crippen LogP contribution in [0.5, 0.6) is 0 Å². The summed E-state index contributed by atoms with van der Waals surface area (Å²) in [7, 11) is 0. The second-order valence-electron chi connectivity index (χ2n) is 4.96. The van der Waals surface area contributed by atoms with Gasteiger partial charge in [-0.1, -0.05) is 25.1 Å². The van der Waals surface area contributed by atoms with Gasteiger partial charge in [0.25, 0.3) is 0 Å². The second-order valence-corrected chi connectivity index (χ2v) is 6.97. The number of aryl methyl sites for hydroxylation is 1. The van der Waals surface area contributed by atoms with Gasteiger partial charge in [0.1, 0.15) is 0 Å². The summed E-state index contributed by atoms with van der Waals surface area (Å²) in [6, 6.07) is 11.6. The Labute approximate surface area is 123 Å². The molecule has 1 aromatic heterocycles. The number of nitrogens with one attached hydrogen (secondary N) is 1. The lowest BCUT2D eigenvalue weighted by Gasteiger charge is -2.24. The zero-order valence-electron chi connectivity index (χ0n) is 11.3. The van der Waals surface area contributed by atoms with E-state index in [1.54, 1.807) is 0 Å². The number of thiophene rings is 1.